The molecule has 0 aromatic heterocycles. The largest absolute Gasteiger partial charge is 0.392 e. The van der Waals surface area contributed by atoms with E-state index < -0.39 is 29.5 Å². The molecule has 3 aliphatic rings. The second-order valence-corrected chi connectivity index (χ2v) is 9.24. The van der Waals surface area contributed by atoms with Gasteiger partial charge in [-0.1, -0.05) is 48.0 Å². The lowest BCUT2D eigenvalue weighted by atomic mass is 9.75. The van der Waals surface area contributed by atoms with Crippen molar-refractivity contribution in [3.8, 4) is 0 Å². The normalized spacial score (nSPS) is 29.4. The molecule has 2 fully saturated rings. The molecular weight excluding hydrogens is 406 g/mol. The molecule has 0 aliphatic carbocycles. The van der Waals surface area contributed by atoms with Gasteiger partial charge in [-0.25, -0.2) is 0 Å². The minimum absolute atomic E-state index is 0.249. The Hall–Kier alpha value is -3.03. The van der Waals surface area contributed by atoms with Crippen LogP contribution in [0.15, 0.2) is 42.5 Å². The van der Waals surface area contributed by atoms with E-state index in [-0.39, 0.29) is 24.3 Å². The van der Waals surface area contributed by atoms with Crippen molar-refractivity contribution in [2.75, 3.05) is 11.9 Å². The predicted octanol–water partition coefficient (Wildman–Crippen LogP) is 1.65. The molecule has 7 heteroatoms. The molecule has 3 N–H and O–H groups in total. The second-order valence-electron chi connectivity index (χ2n) is 9.24. The van der Waals surface area contributed by atoms with Crippen LogP contribution in [0.5, 0.6) is 0 Å². The SMILES string of the molecule is Cc1cc(C)c2c(c1)[C@]1(N[C@@H]([C@H](C)O)[C@H]3C(=O)N(CCc4ccccc4)C(=O)[C@H]31)C(=O)N2. The van der Waals surface area contributed by atoms with Crippen molar-refractivity contribution in [3.05, 3.63) is 64.7 Å². The number of imide groups is 1. The summed E-state index contributed by atoms with van der Waals surface area (Å²) in [6.45, 7) is 5.69. The summed E-state index contributed by atoms with van der Waals surface area (Å²) in [4.78, 5) is 41.8. The minimum Gasteiger partial charge on any atom is -0.392 e. The Bertz CT molecular complexity index is 1130. The van der Waals surface area contributed by atoms with E-state index in [1.165, 1.54) is 4.90 Å². The summed E-state index contributed by atoms with van der Waals surface area (Å²) >= 11 is 0. The number of amides is 3. The number of likely N-dealkylation sites (tertiary alicyclic amines) is 1. The molecule has 3 amide bonds. The lowest BCUT2D eigenvalue weighted by molar-refractivity contribution is -0.143. The molecule has 3 heterocycles. The van der Waals surface area contributed by atoms with Crippen LogP contribution in [0.4, 0.5) is 5.69 Å². The number of nitrogens with zero attached hydrogens (tertiary/aromatic N) is 1. The van der Waals surface area contributed by atoms with E-state index in [1.54, 1.807) is 6.92 Å². The molecule has 5 rings (SSSR count). The molecular formula is C25H27N3O4. The number of carbonyl (C=O) groups is 3. The molecule has 2 aromatic carbocycles. The number of fused-ring (bicyclic) bond motifs is 4. The van der Waals surface area contributed by atoms with Gasteiger partial charge in [-0.3, -0.25) is 24.6 Å². The number of aliphatic hydroxyl groups is 1. The summed E-state index contributed by atoms with van der Waals surface area (Å²) in [6, 6.07) is 12.9. The third kappa shape index (κ3) is 2.77. The first-order valence-corrected chi connectivity index (χ1v) is 11.0. The minimum atomic E-state index is -1.37. The van der Waals surface area contributed by atoms with Crippen molar-refractivity contribution in [2.24, 2.45) is 11.8 Å². The first kappa shape index (κ1) is 20.8. The van der Waals surface area contributed by atoms with Gasteiger partial charge in [0.2, 0.25) is 17.7 Å². The van der Waals surface area contributed by atoms with Gasteiger partial charge in [0.1, 0.15) is 5.54 Å². The van der Waals surface area contributed by atoms with Crippen LogP contribution in [0, 0.1) is 25.7 Å². The maximum atomic E-state index is 13.7. The summed E-state index contributed by atoms with van der Waals surface area (Å²) in [5.41, 5.74) is 2.90. The lowest BCUT2D eigenvalue weighted by Gasteiger charge is -2.30. The Morgan fingerprint density at radius 1 is 1.09 bits per heavy atom. The van der Waals surface area contributed by atoms with Gasteiger partial charge in [0, 0.05) is 23.8 Å². The summed E-state index contributed by atoms with van der Waals surface area (Å²) in [7, 11) is 0. The van der Waals surface area contributed by atoms with Crippen molar-refractivity contribution >= 4 is 23.4 Å². The molecule has 2 aromatic rings. The van der Waals surface area contributed by atoms with E-state index in [0.29, 0.717) is 17.7 Å². The highest BCUT2D eigenvalue weighted by molar-refractivity contribution is 6.15. The molecule has 0 bridgehead atoms. The van der Waals surface area contributed by atoms with Crippen molar-refractivity contribution < 1.29 is 19.5 Å². The summed E-state index contributed by atoms with van der Waals surface area (Å²) in [6.07, 6.45) is -0.367. The van der Waals surface area contributed by atoms with E-state index in [0.717, 1.165) is 16.7 Å². The van der Waals surface area contributed by atoms with Crippen LogP contribution in [0.3, 0.4) is 0 Å². The standard InChI is InChI=1S/C25H27N3O4/c1-13-11-14(2)20-17(12-13)25(24(32)26-20)19-18(21(27-25)15(3)29)22(30)28(23(19)31)10-9-16-7-5-4-6-8-16/h4-8,11-12,15,18-19,21,27,29H,9-10H2,1-3H3,(H,26,32)/t15-,18-,19-,21-,25+/m0/s1. The quantitative estimate of drug-likeness (QED) is 0.637. The molecule has 2 saturated heterocycles. The molecule has 1 spiro atoms. The average molecular weight is 434 g/mol. The van der Waals surface area contributed by atoms with Gasteiger partial charge >= 0.3 is 0 Å². The van der Waals surface area contributed by atoms with Crippen molar-refractivity contribution in [1.29, 1.82) is 0 Å². The smallest absolute Gasteiger partial charge is 0.250 e. The summed E-state index contributed by atoms with van der Waals surface area (Å²) in [5.74, 6) is -2.71. The van der Waals surface area contributed by atoms with Crippen LogP contribution < -0.4 is 10.6 Å². The maximum Gasteiger partial charge on any atom is 0.250 e. The van der Waals surface area contributed by atoms with Gasteiger partial charge in [-0.05, 0) is 38.3 Å². The van der Waals surface area contributed by atoms with Crippen LogP contribution in [0.1, 0.15) is 29.2 Å². The van der Waals surface area contributed by atoms with E-state index in [4.69, 9.17) is 0 Å². The molecule has 32 heavy (non-hydrogen) atoms. The molecule has 166 valence electrons. The highest BCUT2D eigenvalue weighted by Crippen LogP contribution is 2.54. The maximum absolute atomic E-state index is 13.7. The van der Waals surface area contributed by atoms with Crippen LogP contribution in [-0.2, 0) is 26.3 Å². The first-order valence-electron chi connectivity index (χ1n) is 11.0. The third-order valence-electron chi connectivity index (χ3n) is 7.18. The Labute approximate surface area is 186 Å². The number of hydrogen-bond acceptors (Lipinski definition) is 5. The molecule has 5 atom stereocenters. The topological polar surface area (TPSA) is 98.7 Å². The highest BCUT2D eigenvalue weighted by Gasteiger charge is 2.71. The van der Waals surface area contributed by atoms with Crippen LogP contribution in [0.25, 0.3) is 0 Å². The third-order valence-corrected chi connectivity index (χ3v) is 7.18. The monoisotopic (exact) mass is 433 g/mol. The van der Waals surface area contributed by atoms with E-state index in [9.17, 15) is 19.5 Å². The van der Waals surface area contributed by atoms with Crippen molar-refractivity contribution in [3.63, 3.8) is 0 Å². The number of anilines is 1. The van der Waals surface area contributed by atoms with Gasteiger partial charge in [0.15, 0.2) is 0 Å². The molecule has 0 saturated carbocycles. The molecule has 0 radical (unpaired) electrons. The lowest BCUT2D eigenvalue weighted by Crippen LogP contribution is -2.55. The van der Waals surface area contributed by atoms with Gasteiger partial charge in [0.25, 0.3) is 0 Å². The van der Waals surface area contributed by atoms with E-state index >= 15 is 0 Å². The fourth-order valence-corrected chi connectivity index (χ4v) is 5.77. The molecule has 0 unspecified atom stereocenters. The number of nitrogens with one attached hydrogen (secondary N) is 2. The van der Waals surface area contributed by atoms with Gasteiger partial charge in [-0.2, -0.15) is 0 Å². The van der Waals surface area contributed by atoms with Gasteiger partial charge < -0.3 is 10.4 Å². The van der Waals surface area contributed by atoms with Crippen LogP contribution in [0.2, 0.25) is 0 Å². The van der Waals surface area contributed by atoms with Crippen LogP contribution >= 0.6 is 0 Å². The van der Waals surface area contributed by atoms with Gasteiger partial charge in [-0.15, -0.1) is 0 Å². The van der Waals surface area contributed by atoms with Gasteiger partial charge in [0.05, 0.1) is 17.9 Å². The van der Waals surface area contributed by atoms with E-state index in [2.05, 4.69) is 10.6 Å². The summed E-state index contributed by atoms with van der Waals surface area (Å²) < 4.78 is 0. The second kappa shape index (κ2) is 7.25. The fourth-order valence-electron chi connectivity index (χ4n) is 5.77. The summed E-state index contributed by atoms with van der Waals surface area (Å²) in [5, 5.41) is 16.7. The van der Waals surface area contributed by atoms with Crippen molar-refractivity contribution in [2.45, 2.75) is 44.9 Å². The number of rotatable bonds is 4. The number of benzene rings is 2. The zero-order valence-corrected chi connectivity index (χ0v) is 18.4. The predicted molar refractivity (Wildman–Crippen MR) is 119 cm³/mol. The van der Waals surface area contributed by atoms with Crippen LogP contribution in [-0.4, -0.2) is 46.4 Å². The molecule has 3 aliphatic heterocycles. The molecule has 7 nitrogen and oxygen atoms in total. The zero-order chi connectivity index (χ0) is 22.8. The fraction of sp³-hybridized carbons (Fsp3) is 0.400. The zero-order valence-electron chi connectivity index (χ0n) is 18.4. The number of carbonyl (C=O) groups excluding carboxylic acids is 3. The average Bonchev–Trinajstić information content (AvgIpc) is 3.34. The highest BCUT2D eigenvalue weighted by atomic mass is 16.3. The number of aryl methyl sites for hydroxylation is 2. The number of aliphatic hydroxyl groups excluding tert-OH is 1. The Morgan fingerprint density at radius 3 is 2.50 bits per heavy atom. The first-order chi connectivity index (χ1) is 15.3. The Kier molecular flexibility index (Phi) is 4.72. The Balaban J connectivity index is 1.58. The van der Waals surface area contributed by atoms with E-state index in [1.807, 2.05) is 56.3 Å². The Morgan fingerprint density at radius 2 is 1.81 bits per heavy atom. The number of hydrogen-bond donors (Lipinski definition) is 3. The van der Waals surface area contributed by atoms with Crippen molar-refractivity contribution in [1.82, 2.24) is 10.2 Å².